The number of aliphatic hydroxyl groups is 5. The molecule has 0 radical (unpaired) electrons. The second-order valence-corrected chi connectivity index (χ2v) is 8.64. The van der Waals surface area contributed by atoms with Gasteiger partial charge in [-0.1, -0.05) is 6.42 Å². The van der Waals surface area contributed by atoms with Gasteiger partial charge in [0.1, 0.15) is 18.3 Å². The zero-order valence-corrected chi connectivity index (χ0v) is 15.9. The number of fused-ring (bicyclic) bond motifs is 1. The number of hydrogen-bond acceptors (Lipinski definition) is 9. The van der Waals surface area contributed by atoms with Gasteiger partial charge in [0.25, 0.3) is 0 Å². The van der Waals surface area contributed by atoms with Crippen LogP contribution in [0.25, 0.3) is 0 Å². The molecule has 0 aliphatic carbocycles. The second kappa shape index (κ2) is 8.30. The van der Waals surface area contributed by atoms with Gasteiger partial charge in [-0.15, -0.1) is 0 Å². The molecule has 3 aliphatic heterocycles. The first-order chi connectivity index (χ1) is 13.2. The standard InChI is InChI=1S/C16H26N2O9S/c19-6-16(13(24)11(22)12(23)14(25)27-16)18-10-7(17-15(18)26)5-28-8(10)3-1-2-4-9(20)21/h7-8,10-14,19,22-25H,1-6H2,(H,17,26)(H,20,21)/t7-,8-,10-,11-,12+,13+,14+,16-/m1/s1. The molecule has 3 heterocycles. The van der Waals surface area contributed by atoms with E-state index in [1.165, 1.54) is 0 Å². The third-order valence-electron chi connectivity index (χ3n) is 5.62. The number of aliphatic carboxylic acids is 1. The molecule has 160 valence electrons. The number of carbonyl (C=O) groups is 2. The van der Waals surface area contributed by atoms with E-state index in [0.29, 0.717) is 25.0 Å². The Morgan fingerprint density at radius 2 is 1.96 bits per heavy atom. The van der Waals surface area contributed by atoms with Crippen molar-refractivity contribution in [2.24, 2.45) is 0 Å². The number of amides is 2. The third-order valence-corrected chi connectivity index (χ3v) is 7.12. The number of rotatable bonds is 7. The van der Waals surface area contributed by atoms with Crippen LogP contribution in [0.4, 0.5) is 4.79 Å². The highest BCUT2D eigenvalue weighted by molar-refractivity contribution is 8.00. The number of hydrogen-bond donors (Lipinski definition) is 7. The van der Waals surface area contributed by atoms with Crippen molar-refractivity contribution in [2.75, 3.05) is 12.4 Å². The maximum atomic E-state index is 12.7. The number of carboxylic acid groups (broad SMARTS) is 1. The summed E-state index contributed by atoms with van der Waals surface area (Å²) in [4.78, 5) is 24.5. The van der Waals surface area contributed by atoms with E-state index >= 15 is 0 Å². The van der Waals surface area contributed by atoms with Gasteiger partial charge >= 0.3 is 12.0 Å². The molecule has 0 spiro atoms. The van der Waals surface area contributed by atoms with Crippen LogP contribution in [0.15, 0.2) is 0 Å². The summed E-state index contributed by atoms with van der Waals surface area (Å²) in [5, 5.41) is 61.7. The van der Waals surface area contributed by atoms with Crippen molar-refractivity contribution in [3.63, 3.8) is 0 Å². The number of aliphatic hydroxyl groups excluding tert-OH is 5. The topological polar surface area (TPSA) is 180 Å². The van der Waals surface area contributed by atoms with Gasteiger partial charge in [-0.05, 0) is 12.8 Å². The van der Waals surface area contributed by atoms with Gasteiger partial charge in [-0.2, -0.15) is 11.8 Å². The summed E-state index contributed by atoms with van der Waals surface area (Å²) in [6.07, 6.45) is -5.61. The number of nitrogens with one attached hydrogen (secondary N) is 1. The molecule has 3 saturated heterocycles. The molecule has 7 N–H and O–H groups in total. The molecule has 11 nitrogen and oxygen atoms in total. The molecule has 2 amide bonds. The predicted octanol–water partition coefficient (Wildman–Crippen LogP) is -2.37. The summed E-state index contributed by atoms with van der Waals surface area (Å²) in [7, 11) is 0. The lowest BCUT2D eigenvalue weighted by Crippen LogP contribution is -2.74. The SMILES string of the molecule is O=C(O)CCCC[C@H]1SC[C@H]2NC(=O)N([C@]3(CO)O[C@H](O)[C@@H](O)[C@@H](O)[C@@H]3O)[C@H]21. The van der Waals surface area contributed by atoms with Gasteiger partial charge in [0.05, 0.1) is 18.7 Å². The minimum Gasteiger partial charge on any atom is -0.481 e. The summed E-state index contributed by atoms with van der Waals surface area (Å²) in [5.41, 5.74) is -2.12. The molecule has 3 rings (SSSR count). The molecular formula is C16H26N2O9S. The lowest BCUT2D eigenvalue weighted by Gasteiger charge is -2.52. The fourth-order valence-corrected chi connectivity index (χ4v) is 5.77. The minimum absolute atomic E-state index is 0.0467. The smallest absolute Gasteiger partial charge is 0.320 e. The molecule has 0 aromatic rings. The molecule has 0 aromatic carbocycles. The molecule has 3 fully saturated rings. The van der Waals surface area contributed by atoms with Crippen molar-refractivity contribution in [1.29, 1.82) is 0 Å². The van der Waals surface area contributed by atoms with E-state index in [9.17, 15) is 35.1 Å². The molecule has 0 unspecified atom stereocenters. The van der Waals surface area contributed by atoms with E-state index in [-0.39, 0.29) is 17.7 Å². The molecule has 3 aliphatic rings. The van der Waals surface area contributed by atoms with Crippen molar-refractivity contribution >= 4 is 23.8 Å². The van der Waals surface area contributed by atoms with Gasteiger partial charge < -0.3 is 40.7 Å². The highest BCUT2D eigenvalue weighted by Gasteiger charge is 2.63. The van der Waals surface area contributed by atoms with E-state index in [0.717, 1.165) is 4.90 Å². The summed E-state index contributed by atoms with van der Waals surface area (Å²) < 4.78 is 5.31. The van der Waals surface area contributed by atoms with E-state index in [1.807, 2.05) is 0 Å². The lowest BCUT2D eigenvalue weighted by atomic mass is 9.90. The monoisotopic (exact) mass is 422 g/mol. The predicted molar refractivity (Wildman–Crippen MR) is 95.2 cm³/mol. The largest absolute Gasteiger partial charge is 0.481 e. The fraction of sp³-hybridized carbons (Fsp3) is 0.875. The van der Waals surface area contributed by atoms with Crippen LogP contribution in [0.1, 0.15) is 25.7 Å². The van der Waals surface area contributed by atoms with Crippen LogP contribution in [0, 0.1) is 0 Å². The quantitative estimate of drug-likeness (QED) is 0.173. The Balaban J connectivity index is 1.82. The van der Waals surface area contributed by atoms with E-state index in [1.54, 1.807) is 11.8 Å². The molecule has 0 bridgehead atoms. The Bertz CT molecular complexity index is 611. The first kappa shape index (κ1) is 21.6. The molecular weight excluding hydrogens is 396 g/mol. The Morgan fingerprint density at radius 3 is 2.61 bits per heavy atom. The number of ether oxygens (including phenoxy) is 1. The van der Waals surface area contributed by atoms with Crippen molar-refractivity contribution in [3.05, 3.63) is 0 Å². The maximum Gasteiger partial charge on any atom is 0.320 e. The number of nitrogens with zero attached hydrogens (tertiary/aromatic N) is 1. The lowest BCUT2D eigenvalue weighted by molar-refractivity contribution is -0.359. The van der Waals surface area contributed by atoms with Gasteiger partial charge in [-0.3, -0.25) is 9.69 Å². The van der Waals surface area contributed by atoms with Crippen LogP contribution in [-0.4, -0.2) is 108 Å². The Kier molecular flexibility index (Phi) is 6.39. The molecule has 28 heavy (non-hydrogen) atoms. The zero-order valence-electron chi connectivity index (χ0n) is 15.0. The van der Waals surface area contributed by atoms with E-state index in [4.69, 9.17) is 9.84 Å². The van der Waals surface area contributed by atoms with Gasteiger partial charge in [0.15, 0.2) is 12.0 Å². The van der Waals surface area contributed by atoms with Crippen LogP contribution in [0.3, 0.4) is 0 Å². The van der Waals surface area contributed by atoms with Crippen molar-refractivity contribution in [1.82, 2.24) is 10.2 Å². The van der Waals surface area contributed by atoms with Crippen LogP contribution in [-0.2, 0) is 9.53 Å². The highest BCUT2D eigenvalue weighted by Crippen LogP contribution is 2.44. The first-order valence-electron chi connectivity index (χ1n) is 9.17. The van der Waals surface area contributed by atoms with Crippen molar-refractivity contribution in [3.8, 4) is 0 Å². The highest BCUT2D eigenvalue weighted by atomic mass is 32.2. The zero-order chi connectivity index (χ0) is 20.6. The number of carbonyl (C=O) groups excluding carboxylic acids is 1. The number of carboxylic acids is 1. The normalized spacial score (nSPS) is 43.1. The molecule has 8 atom stereocenters. The minimum atomic E-state index is -2.12. The van der Waals surface area contributed by atoms with Gasteiger partial charge in [0, 0.05) is 17.4 Å². The summed E-state index contributed by atoms with van der Waals surface area (Å²) in [6.45, 7) is -0.901. The summed E-state index contributed by atoms with van der Waals surface area (Å²) >= 11 is 1.58. The first-order valence-corrected chi connectivity index (χ1v) is 10.2. The van der Waals surface area contributed by atoms with E-state index in [2.05, 4.69) is 5.32 Å². The van der Waals surface area contributed by atoms with Gasteiger partial charge in [-0.25, -0.2) is 4.79 Å². The fourth-order valence-electron chi connectivity index (χ4n) is 4.20. The van der Waals surface area contributed by atoms with Crippen LogP contribution in [0.2, 0.25) is 0 Å². The van der Waals surface area contributed by atoms with Crippen LogP contribution in [0.5, 0.6) is 0 Å². The Hall–Kier alpha value is -1.15. The summed E-state index contributed by atoms with van der Waals surface area (Å²) in [5.74, 6) is -0.294. The van der Waals surface area contributed by atoms with Crippen LogP contribution >= 0.6 is 11.8 Å². The average Bonchev–Trinajstić information content (AvgIpc) is 3.18. The number of thioether (sulfide) groups is 1. The number of urea groups is 1. The maximum absolute atomic E-state index is 12.7. The number of unbranched alkanes of at least 4 members (excludes halogenated alkanes) is 1. The van der Waals surface area contributed by atoms with Crippen molar-refractivity contribution < 1.29 is 45.0 Å². The Morgan fingerprint density at radius 1 is 1.25 bits per heavy atom. The Labute approximate surface area is 165 Å². The molecule has 0 aromatic heterocycles. The van der Waals surface area contributed by atoms with E-state index < -0.39 is 55.0 Å². The van der Waals surface area contributed by atoms with Gasteiger partial charge in [0.2, 0.25) is 0 Å². The average molecular weight is 422 g/mol. The second-order valence-electron chi connectivity index (χ2n) is 7.37. The van der Waals surface area contributed by atoms with Crippen LogP contribution < -0.4 is 5.32 Å². The molecule has 12 heteroatoms. The third kappa shape index (κ3) is 3.58. The molecule has 0 saturated carbocycles. The summed E-state index contributed by atoms with van der Waals surface area (Å²) in [6, 6.07) is -1.41. The van der Waals surface area contributed by atoms with Crippen molar-refractivity contribution in [2.45, 2.75) is 73.3 Å².